The van der Waals surface area contributed by atoms with Crippen molar-refractivity contribution >= 4 is 22.1 Å². The minimum absolute atomic E-state index is 0.0322. The van der Waals surface area contributed by atoms with Crippen molar-refractivity contribution in [2.75, 3.05) is 18.1 Å². The van der Waals surface area contributed by atoms with Gasteiger partial charge in [0.05, 0.1) is 12.3 Å². The van der Waals surface area contributed by atoms with Crippen LogP contribution in [0.1, 0.15) is 26.0 Å². The molecule has 100 valence electrons. The van der Waals surface area contributed by atoms with Crippen molar-refractivity contribution in [2.45, 2.75) is 32.9 Å². The predicted molar refractivity (Wildman–Crippen MR) is 73.2 cm³/mol. The van der Waals surface area contributed by atoms with Gasteiger partial charge in [-0.3, -0.25) is 4.40 Å². The molecule has 2 N–H and O–H groups in total. The Hall–Kier alpha value is -1.11. The van der Waals surface area contributed by atoms with Crippen LogP contribution in [0.15, 0.2) is 11.6 Å². The summed E-state index contributed by atoms with van der Waals surface area (Å²) in [6.45, 7) is 5.05. The number of aliphatic hydroxyl groups excluding tert-OH is 2. The molecule has 5 nitrogen and oxygen atoms in total. The van der Waals surface area contributed by atoms with Crippen LogP contribution in [0.2, 0.25) is 0 Å². The van der Waals surface area contributed by atoms with Gasteiger partial charge in [0, 0.05) is 30.8 Å². The third kappa shape index (κ3) is 2.36. The highest BCUT2D eigenvalue weighted by Gasteiger charge is 2.20. The molecule has 0 atom stereocenters. The Bertz CT molecular complexity index is 506. The lowest BCUT2D eigenvalue weighted by molar-refractivity contribution is 0.275. The van der Waals surface area contributed by atoms with Crippen molar-refractivity contribution in [3.05, 3.63) is 17.3 Å². The molecule has 0 radical (unpaired) electrons. The Morgan fingerprint density at radius 3 is 2.83 bits per heavy atom. The van der Waals surface area contributed by atoms with E-state index in [-0.39, 0.29) is 19.3 Å². The van der Waals surface area contributed by atoms with Gasteiger partial charge in [-0.15, -0.1) is 11.3 Å². The molecule has 0 bridgehead atoms. The Kier molecular flexibility index (Phi) is 4.21. The number of nitrogens with zero attached hydrogens (tertiary/aromatic N) is 3. The summed E-state index contributed by atoms with van der Waals surface area (Å²) in [6.07, 6.45) is 2.63. The van der Waals surface area contributed by atoms with Gasteiger partial charge >= 0.3 is 0 Å². The van der Waals surface area contributed by atoms with Crippen molar-refractivity contribution in [3.8, 4) is 0 Å². The first-order valence-electron chi connectivity index (χ1n) is 6.11. The SMILES string of the molecule is CC(C)N(CCCO)c1nc2sccn2c1CO. The molecule has 2 aromatic heterocycles. The highest BCUT2D eigenvalue weighted by atomic mass is 32.1. The minimum Gasteiger partial charge on any atom is -0.396 e. The second kappa shape index (κ2) is 5.69. The molecular formula is C12H19N3O2S. The number of imidazole rings is 1. The molecule has 0 aliphatic carbocycles. The Morgan fingerprint density at radius 1 is 1.44 bits per heavy atom. The predicted octanol–water partition coefficient (Wildman–Crippen LogP) is 1.49. The Morgan fingerprint density at radius 2 is 2.22 bits per heavy atom. The molecule has 0 unspecified atom stereocenters. The van der Waals surface area contributed by atoms with Gasteiger partial charge in [0.25, 0.3) is 0 Å². The first-order valence-corrected chi connectivity index (χ1v) is 6.99. The van der Waals surface area contributed by atoms with E-state index in [1.54, 1.807) is 11.3 Å². The van der Waals surface area contributed by atoms with Gasteiger partial charge in [-0.25, -0.2) is 4.98 Å². The van der Waals surface area contributed by atoms with E-state index in [9.17, 15) is 5.11 Å². The topological polar surface area (TPSA) is 61.0 Å². The van der Waals surface area contributed by atoms with E-state index in [4.69, 9.17) is 5.11 Å². The lowest BCUT2D eigenvalue weighted by atomic mass is 10.2. The summed E-state index contributed by atoms with van der Waals surface area (Å²) in [5.41, 5.74) is 0.817. The minimum atomic E-state index is -0.0322. The average Bonchev–Trinajstić information content (AvgIpc) is 2.89. The maximum absolute atomic E-state index is 9.55. The number of hydrogen-bond donors (Lipinski definition) is 2. The van der Waals surface area contributed by atoms with Crippen LogP contribution in [0.25, 0.3) is 4.96 Å². The van der Waals surface area contributed by atoms with E-state index in [0.717, 1.165) is 23.0 Å². The van der Waals surface area contributed by atoms with E-state index in [2.05, 4.69) is 23.7 Å². The number of anilines is 1. The van der Waals surface area contributed by atoms with Crippen LogP contribution in [-0.2, 0) is 6.61 Å². The van der Waals surface area contributed by atoms with Gasteiger partial charge in [-0.05, 0) is 20.3 Å². The molecule has 0 aromatic carbocycles. The third-order valence-electron chi connectivity index (χ3n) is 2.94. The molecule has 2 rings (SSSR count). The second-order valence-corrected chi connectivity index (χ2v) is 5.33. The molecule has 0 amide bonds. The van der Waals surface area contributed by atoms with Gasteiger partial charge in [0.1, 0.15) is 0 Å². The average molecular weight is 269 g/mol. The maximum Gasteiger partial charge on any atom is 0.195 e. The van der Waals surface area contributed by atoms with Gasteiger partial charge in [-0.1, -0.05) is 0 Å². The fraction of sp³-hybridized carbons (Fsp3) is 0.583. The lowest BCUT2D eigenvalue weighted by Gasteiger charge is -2.27. The van der Waals surface area contributed by atoms with Crippen LogP contribution in [0.3, 0.4) is 0 Å². The number of rotatable bonds is 6. The van der Waals surface area contributed by atoms with Gasteiger partial charge in [0.15, 0.2) is 10.8 Å². The van der Waals surface area contributed by atoms with Gasteiger partial charge in [0.2, 0.25) is 0 Å². The smallest absolute Gasteiger partial charge is 0.195 e. The van der Waals surface area contributed by atoms with E-state index < -0.39 is 0 Å². The van der Waals surface area contributed by atoms with Crippen molar-refractivity contribution in [2.24, 2.45) is 0 Å². The maximum atomic E-state index is 9.55. The normalized spacial score (nSPS) is 11.6. The molecule has 0 spiro atoms. The van der Waals surface area contributed by atoms with Crippen LogP contribution >= 0.6 is 11.3 Å². The molecule has 0 aliphatic rings. The molecule has 18 heavy (non-hydrogen) atoms. The molecule has 0 saturated heterocycles. The summed E-state index contributed by atoms with van der Waals surface area (Å²) in [7, 11) is 0. The van der Waals surface area contributed by atoms with Crippen molar-refractivity contribution in [1.29, 1.82) is 0 Å². The zero-order valence-electron chi connectivity index (χ0n) is 10.7. The fourth-order valence-corrected chi connectivity index (χ4v) is 2.78. The summed E-state index contributed by atoms with van der Waals surface area (Å²) < 4.78 is 1.92. The van der Waals surface area contributed by atoms with Crippen molar-refractivity contribution in [1.82, 2.24) is 9.38 Å². The van der Waals surface area contributed by atoms with E-state index in [1.807, 2.05) is 16.0 Å². The van der Waals surface area contributed by atoms with Crippen LogP contribution in [-0.4, -0.2) is 38.8 Å². The largest absolute Gasteiger partial charge is 0.396 e. The van der Waals surface area contributed by atoms with Crippen molar-refractivity contribution in [3.63, 3.8) is 0 Å². The number of hydrogen-bond acceptors (Lipinski definition) is 5. The number of thiazole rings is 1. The number of aromatic nitrogens is 2. The standard InChI is InChI=1S/C12H19N3O2S/c1-9(2)14(4-3-6-16)11-10(8-17)15-5-7-18-12(15)13-11/h5,7,9,16-17H,3-4,6,8H2,1-2H3. The molecule has 0 aliphatic heterocycles. The van der Waals surface area contributed by atoms with E-state index in [0.29, 0.717) is 6.42 Å². The molecule has 6 heteroatoms. The van der Waals surface area contributed by atoms with Gasteiger partial charge < -0.3 is 15.1 Å². The highest BCUT2D eigenvalue weighted by molar-refractivity contribution is 7.15. The highest BCUT2D eigenvalue weighted by Crippen LogP contribution is 2.26. The summed E-state index contributed by atoms with van der Waals surface area (Å²) >= 11 is 1.56. The van der Waals surface area contributed by atoms with E-state index >= 15 is 0 Å². The molecule has 2 aromatic rings. The third-order valence-corrected chi connectivity index (χ3v) is 3.70. The first-order chi connectivity index (χ1) is 8.69. The van der Waals surface area contributed by atoms with Crippen LogP contribution in [0.5, 0.6) is 0 Å². The summed E-state index contributed by atoms with van der Waals surface area (Å²) in [6, 6.07) is 0.284. The quantitative estimate of drug-likeness (QED) is 0.834. The van der Waals surface area contributed by atoms with E-state index in [1.165, 1.54) is 0 Å². The summed E-state index contributed by atoms with van der Waals surface area (Å²) in [5.74, 6) is 0.827. The zero-order chi connectivity index (χ0) is 13.1. The second-order valence-electron chi connectivity index (χ2n) is 4.46. The lowest BCUT2D eigenvalue weighted by Crippen LogP contribution is -2.33. The number of fused-ring (bicyclic) bond motifs is 1. The molecule has 0 saturated carbocycles. The summed E-state index contributed by atoms with van der Waals surface area (Å²) in [4.78, 5) is 7.60. The molecule has 0 fully saturated rings. The van der Waals surface area contributed by atoms with Crippen LogP contribution < -0.4 is 4.90 Å². The monoisotopic (exact) mass is 269 g/mol. The Labute approximate surface area is 110 Å². The first kappa shape index (κ1) is 13.3. The molecule has 2 heterocycles. The number of aliphatic hydroxyl groups is 2. The van der Waals surface area contributed by atoms with Gasteiger partial charge in [-0.2, -0.15) is 0 Å². The van der Waals surface area contributed by atoms with Crippen molar-refractivity contribution < 1.29 is 10.2 Å². The van der Waals surface area contributed by atoms with Crippen LogP contribution in [0, 0.1) is 0 Å². The van der Waals surface area contributed by atoms with Crippen LogP contribution in [0.4, 0.5) is 5.82 Å². The zero-order valence-corrected chi connectivity index (χ0v) is 11.5. The fourth-order valence-electron chi connectivity index (χ4n) is 2.05. The Balaban J connectivity index is 2.39. The summed E-state index contributed by atoms with van der Waals surface area (Å²) in [5, 5.41) is 20.5. The molecular weight excluding hydrogens is 250 g/mol.